The van der Waals surface area contributed by atoms with Gasteiger partial charge in [0.2, 0.25) is 0 Å². The molecule has 1 saturated heterocycles. The molecule has 0 bridgehead atoms. The summed E-state index contributed by atoms with van der Waals surface area (Å²) in [7, 11) is 0. The van der Waals surface area contributed by atoms with Gasteiger partial charge in [0.15, 0.2) is 0 Å². The van der Waals surface area contributed by atoms with Crippen LogP contribution in [0, 0.1) is 0 Å². The van der Waals surface area contributed by atoms with Crippen LogP contribution in [0.15, 0.2) is 30.6 Å². The lowest BCUT2D eigenvalue weighted by Gasteiger charge is -2.19. The Morgan fingerprint density at radius 1 is 1.08 bits per heavy atom. The highest BCUT2D eigenvalue weighted by Gasteiger charge is 2.03. The fourth-order valence-electron chi connectivity index (χ4n) is 0.966. The van der Waals surface area contributed by atoms with E-state index in [2.05, 4.69) is 10.3 Å². The summed E-state index contributed by atoms with van der Waals surface area (Å²) >= 11 is 0. The normalized spacial score (nSPS) is 17.3. The summed E-state index contributed by atoms with van der Waals surface area (Å²) in [6.07, 6.45) is 3.50. The molecular weight excluding hydrogens is 166 g/mol. The Labute approximate surface area is 78.2 Å². The lowest BCUT2D eigenvalue weighted by atomic mass is 10.4. The Bertz CT molecular complexity index is 173. The number of nitrogens with zero attached hydrogens (tertiary/aromatic N) is 2. The molecule has 1 aromatic heterocycles. The quantitative estimate of drug-likeness (QED) is 0.607. The first-order chi connectivity index (χ1) is 6.39. The fraction of sp³-hybridized carbons (Fsp3) is 0.444. The summed E-state index contributed by atoms with van der Waals surface area (Å²) < 4.78 is 0. The van der Waals surface area contributed by atoms with Gasteiger partial charge in [-0.3, -0.25) is 4.98 Å². The summed E-state index contributed by atoms with van der Waals surface area (Å²) in [5.41, 5.74) is 0. The van der Waals surface area contributed by atoms with Crippen LogP contribution in [0.2, 0.25) is 0 Å². The predicted molar refractivity (Wildman–Crippen MR) is 50.5 cm³/mol. The maximum Gasteiger partial charge on any atom is 0.0363 e. The van der Waals surface area contributed by atoms with Crippen LogP contribution in [0.3, 0.4) is 0 Å². The number of nitrogens with one attached hydrogen (secondary N) is 1. The molecule has 0 atom stereocenters. The number of pyridine rings is 1. The number of hydroxylamine groups is 2. The average Bonchev–Trinajstić information content (AvgIpc) is 2.22. The van der Waals surface area contributed by atoms with E-state index in [4.69, 9.17) is 5.21 Å². The third-order valence-corrected chi connectivity index (χ3v) is 1.66. The smallest absolute Gasteiger partial charge is 0.0363 e. The molecule has 2 heterocycles. The van der Waals surface area contributed by atoms with Gasteiger partial charge in [-0.15, -0.1) is 0 Å². The molecule has 1 aromatic rings. The molecule has 1 fully saturated rings. The van der Waals surface area contributed by atoms with E-state index in [1.54, 1.807) is 12.4 Å². The topological polar surface area (TPSA) is 48.4 Å². The second-order valence-corrected chi connectivity index (χ2v) is 2.73. The minimum absolute atomic E-state index is 0.764. The molecule has 0 saturated carbocycles. The lowest BCUT2D eigenvalue weighted by molar-refractivity contribution is -0.0976. The van der Waals surface area contributed by atoms with Gasteiger partial charge in [-0.2, -0.15) is 5.06 Å². The highest BCUT2D eigenvalue weighted by atomic mass is 16.5. The Morgan fingerprint density at radius 3 is 1.92 bits per heavy atom. The van der Waals surface area contributed by atoms with Crippen molar-refractivity contribution in [2.24, 2.45) is 0 Å². The Kier molecular flexibility index (Phi) is 5.08. The Hall–Kier alpha value is -0.970. The van der Waals surface area contributed by atoms with E-state index in [1.165, 1.54) is 5.06 Å². The van der Waals surface area contributed by atoms with Gasteiger partial charge < -0.3 is 10.5 Å². The second-order valence-electron chi connectivity index (χ2n) is 2.73. The lowest BCUT2D eigenvalue weighted by Crippen LogP contribution is -2.41. The molecule has 0 aromatic carbocycles. The van der Waals surface area contributed by atoms with Gasteiger partial charge in [0.05, 0.1) is 0 Å². The summed E-state index contributed by atoms with van der Waals surface area (Å²) in [4.78, 5) is 3.78. The molecule has 1 aliphatic rings. The minimum Gasteiger partial charge on any atom is -0.314 e. The van der Waals surface area contributed by atoms with Crippen molar-refractivity contribution in [3.63, 3.8) is 0 Å². The van der Waals surface area contributed by atoms with E-state index in [-0.39, 0.29) is 0 Å². The van der Waals surface area contributed by atoms with E-state index in [0.29, 0.717) is 0 Å². The monoisotopic (exact) mass is 181 g/mol. The molecule has 72 valence electrons. The molecule has 4 nitrogen and oxygen atoms in total. The van der Waals surface area contributed by atoms with Gasteiger partial charge in [-0.05, 0) is 12.1 Å². The molecule has 0 unspecified atom stereocenters. The fourth-order valence-corrected chi connectivity index (χ4v) is 0.966. The van der Waals surface area contributed by atoms with E-state index >= 15 is 0 Å². The zero-order valence-electron chi connectivity index (χ0n) is 7.56. The molecule has 2 N–H and O–H groups in total. The van der Waals surface area contributed by atoms with Gasteiger partial charge in [0.1, 0.15) is 0 Å². The predicted octanol–water partition coefficient (Wildman–Crippen LogP) is 0.362. The SMILES string of the molecule is ON1CCNCC1.c1ccncc1. The highest BCUT2D eigenvalue weighted by Crippen LogP contribution is 1.82. The van der Waals surface area contributed by atoms with Crippen LogP contribution in [0.25, 0.3) is 0 Å². The molecule has 13 heavy (non-hydrogen) atoms. The molecule has 2 rings (SSSR count). The first kappa shape index (κ1) is 10.1. The van der Waals surface area contributed by atoms with Crippen molar-refractivity contribution in [3.8, 4) is 0 Å². The number of aromatic nitrogens is 1. The second kappa shape index (κ2) is 6.54. The van der Waals surface area contributed by atoms with Crippen molar-refractivity contribution >= 4 is 0 Å². The van der Waals surface area contributed by atoms with Crippen LogP contribution in [0.1, 0.15) is 0 Å². The molecular formula is C9H15N3O. The van der Waals surface area contributed by atoms with Crippen LogP contribution in [0.5, 0.6) is 0 Å². The minimum atomic E-state index is 0.764. The standard InChI is InChI=1S/C5H5N.C4H10N2O/c1-2-4-6-5-3-1;7-6-3-1-5-2-4-6/h1-5H;5,7H,1-4H2. The van der Waals surface area contributed by atoms with E-state index in [9.17, 15) is 0 Å². The van der Waals surface area contributed by atoms with Crippen LogP contribution < -0.4 is 5.32 Å². The third kappa shape index (κ3) is 5.30. The molecule has 0 aliphatic carbocycles. The van der Waals surface area contributed by atoms with Crippen molar-refractivity contribution in [1.82, 2.24) is 15.4 Å². The number of hydrogen-bond donors (Lipinski definition) is 2. The first-order valence-electron chi connectivity index (χ1n) is 4.39. The summed E-state index contributed by atoms with van der Waals surface area (Å²) in [6.45, 7) is 3.35. The molecule has 0 radical (unpaired) electrons. The number of piperazine rings is 1. The van der Waals surface area contributed by atoms with Crippen LogP contribution in [0.4, 0.5) is 0 Å². The van der Waals surface area contributed by atoms with Crippen LogP contribution >= 0.6 is 0 Å². The van der Waals surface area contributed by atoms with E-state index in [0.717, 1.165) is 26.2 Å². The van der Waals surface area contributed by atoms with Gasteiger partial charge in [0, 0.05) is 38.6 Å². The molecule has 4 heteroatoms. The van der Waals surface area contributed by atoms with Crippen molar-refractivity contribution < 1.29 is 5.21 Å². The molecule has 1 aliphatic heterocycles. The Morgan fingerprint density at radius 2 is 1.69 bits per heavy atom. The summed E-state index contributed by atoms with van der Waals surface area (Å²) in [5, 5.41) is 13.1. The summed E-state index contributed by atoms with van der Waals surface area (Å²) in [5.74, 6) is 0. The maximum absolute atomic E-state index is 8.70. The van der Waals surface area contributed by atoms with Crippen molar-refractivity contribution in [1.29, 1.82) is 0 Å². The maximum atomic E-state index is 8.70. The highest BCUT2D eigenvalue weighted by molar-refractivity contribution is 4.88. The van der Waals surface area contributed by atoms with E-state index < -0.39 is 0 Å². The van der Waals surface area contributed by atoms with Gasteiger partial charge in [-0.1, -0.05) is 6.07 Å². The largest absolute Gasteiger partial charge is 0.314 e. The molecule has 0 spiro atoms. The van der Waals surface area contributed by atoms with Gasteiger partial charge in [0.25, 0.3) is 0 Å². The summed E-state index contributed by atoms with van der Waals surface area (Å²) in [6, 6.07) is 5.72. The average molecular weight is 181 g/mol. The first-order valence-corrected chi connectivity index (χ1v) is 4.39. The van der Waals surface area contributed by atoms with E-state index in [1.807, 2.05) is 18.2 Å². The van der Waals surface area contributed by atoms with Crippen LogP contribution in [-0.4, -0.2) is 41.4 Å². The third-order valence-electron chi connectivity index (χ3n) is 1.66. The molecule has 0 amide bonds. The van der Waals surface area contributed by atoms with Crippen molar-refractivity contribution in [2.45, 2.75) is 0 Å². The Balaban J connectivity index is 0.000000132. The number of hydrogen-bond acceptors (Lipinski definition) is 4. The number of rotatable bonds is 0. The van der Waals surface area contributed by atoms with Gasteiger partial charge >= 0.3 is 0 Å². The zero-order valence-corrected chi connectivity index (χ0v) is 7.56. The van der Waals surface area contributed by atoms with Crippen molar-refractivity contribution in [2.75, 3.05) is 26.2 Å². The zero-order chi connectivity index (χ0) is 9.36. The van der Waals surface area contributed by atoms with Crippen molar-refractivity contribution in [3.05, 3.63) is 30.6 Å². The van der Waals surface area contributed by atoms with Gasteiger partial charge in [-0.25, -0.2) is 0 Å². The van der Waals surface area contributed by atoms with Crippen LogP contribution in [-0.2, 0) is 0 Å².